The Balaban J connectivity index is 0.00000225. The predicted octanol–water partition coefficient (Wildman–Crippen LogP) is 3.33. The maximum atomic E-state index is 12.9. The van der Waals surface area contributed by atoms with Crippen LogP contribution in [0.3, 0.4) is 0 Å². The monoisotopic (exact) mass is 382 g/mol. The van der Waals surface area contributed by atoms with E-state index in [9.17, 15) is 4.79 Å². The van der Waals surface area contributed by atoms with Crippen LogP contribution in [0.25, 0.3) is 5.69 Å². The van der Waals surface area contributed by atoms with Gasteiger partial charge < -0.3 is 10.2 Å². The van der Waals surface area contributed by atoms with Crippen molar-refractivity contribution in [3.05, 3.63) is 46.7 Å². The maximum Gasteiger partial charge on any atom is 0.257 e. The first-order chi connectivity index (χ1) is 11.6. The zero-order chi connectivity index (χ0) is 17.1. The van der Waals surface area contributed by atoms with E-state index in [1.807, 2.05) is 47.8 Å². The predicted molar refractivity (Wildman–Crippen MR) is 103 cm³/mol. The molecule has 3 rings (SSSR count). The van der Waals surface area contributed by atoms with E-state index in [0.29, 0.717) is 16.6 Å². The molecule has 2 aromatic rings. The number of amides is 1. The molecule has 0 unspecified atom stereocenters. The van der Waals surface area contributed by atoms with Gasteiger partial charge in [0.25, 0.3) is 5.91 Å². The zero-order valence-corrected chi connectivity index (χ0v) is 16.1. The number of carbonyl (C=O) groups excluding carboxylic acids is 1. The molecule has 0 saturated carbocycles. The number of aromatic nitrogens is 2. The van der Waals surface area contributed by atoms with Crippen LogP contribution < -0.4 is 5.32 Å². The van der Waals surface area contributed by atoms with Gasteiger partial charge in [-0.15, -0.1) is 12.4 Å². The van der Waals surface area contributed by atoms with Crippen molar-refractivity contribution >= 4 is 29.9 Å². The van der Waals surface area contributed by atoms with E-state index >= 15 is 0 Å². The van der Waals surface area contributed by atoms with Crippen molar-refractivity contribution in [2.24, 2.45) is 0 Å². The summed E-state index contributed by atoms with van der Waals surface area (Å²) < 4.78 is 1.82. The molecule has 25 heavy (non-hydrogen) atoms. The standard InChI is InChI=1S/C18H23ClN4O.ClH/c1-3-17-16(18(24)22-9-7-14(20-2)8-10-22)12-21-23(17)15-6-4-5-13(19)11-15;/h4-6,11-12,14,20H,3,7-10H2,1-2H3;1H. The van der Waals surface area contributed by atoms with E-state index in [-0.39, 0.29) is 18.3 Å². The summed E-state index contributed by atoms with van der Waals surface area (Å²) in [5.74, 6) is 0.0784. The van der Waals surface area contributed by atoms with Crippen molar-refractivity contribution in [1.82, 2.24) is 20.0 Å². The van der Waals surface area contributed by atoms with E-state index in [4.69, 9.17) is 11.6 Å². The highest BCUT2D eigenvalue weighted by atomic mass is 35.5. The third-order valence-corrected chi connectivity index (χ3v) is 4.91. The molecule has 1 aromatic heterocycles. The van der Waals surface area contributed by atoms with Crippen molar-refractivity contribution < 1.29 is 4.79 Å². The molecule has 0 atom stereocenters. The first-order valence-electron chi connectivity index (χ1n) is 8.43. The van der Waals surface area contributed by atoms with E-state index < -0.39 is 0 Å². The molecule has 5 nitrogen and oxygen atoms in total. The Morgan fingerprint density at radius 3 is 2.68 bits per heavy atom. The summed E-state index contributed by atoms with van der Waals surface area (Å²) in [6.07, 6.45) is 4.41. The van der Waals surface area contributed by atoms with Gasteiger partial charge in [-0.05, 0) is 44.5 Å². The molecule has 1 fully saturated rings. The van der Waals surface area contributed by atoms with Crippen LogP contribution in [-0.4, -0.2) is 46.8 Å². The van der Waals surface area contributed by atoms with Gasteiger partial charge in [0.05, 0.1) is 23.1 Å². The molecule has 1 amide bonds. The SMILES string of the molecule is CCc1c(C(=O)N2CCC(NC)CC2)cnn1-c1cccc(Cl)c1.Cl. The molecule has 0 radical (unpaired) electrons. The summed E-state index contributed by atoms with van der Waals surface area (Å²) in [5, 5.41) is 8.39. The number of hydrogen-bond donors (Lipinski definition) is 1. The Bertz CT molecular complexity index is 724. The first kappa shape index (κ1) is 19.8. The van der Waals surface area contributed by atoms with Crippen molar-refractivity contribution in [2.75, 3.05) is 20.1 Å². The van der Waals surface area contributed by atoms with Crippen molar-refractivity contribution in [3.63, 3.8) is 0 Å². The summed E-state index contributed by atoms with van der Waals surface area (Å²) in [4.78, 5) is 14.8. The van der Waals surface area contributed by atoms with Gasteiger partial charge in [0.1, 0.15) is 0 Å². The number of nitrogens with zero attached hydrogens (tertiary/aromatic N) is 3. The van der Waals surface area contributed by atoms with Crippen LogP contribution >= 0.6 is 24.0 Å². The minimum absolute atomic E-state index is 0. The number of likely N-dealkylation sites (tertiary alicyclic amines) is 1. The van der Waals surface area contributed by atoms with Gasteiger partial charge in [0.15, 0.2) is 0 Å². The largest absolute Gasteiger partial charge is 0.338 e. The lowest BCUT2D eigenvalue weighted by atomic mass is 10.0. The number of piperidine rings is 1. The van der Waals surface area contributed by atoms with Crippen molar-refractivity contribution in [3.8, 4) is 5.69 Å². The Labute approximate surface area is 159 Å². The van der Waals surface area contributed by atoms with Crippen LogP contribution in [-0.2, 0) is 6.42 Å². The van der Waals surface area contributed by atoms with E-state index in [2.05, 4.69) is 10.4 Å². The molecule has 1 saturated heterocycles. The Morgan fingerprint density at radius 1 is 1.36 bits per heavy atom. The average Bonchev–Trinajstić information content (AvgIpc) is 3.05. The smallest absolute Gasteiger partial charge is 0.257 e. The summed E-state index contributed by atoms with van der Waals surface area (Å²) in [6.45, 7) is 3.62. The highest BCUT2D eigenvalue weighted by Gasteiger charge is 2.26. The lowest BCUT2D eigenvalue weighted by molar-refractivity contribution is 0.0706. The normalized spacial score (nSPS) is 15.1. The molecule has 1 aliphatic heterocycles. The minimum Gasteiger partial charge on any atom is -0.338 e. The van der Waals surface area contributed by atoms with Gasteiger partial charge in [-0.3, -0.25) is 4.79 Å². The molecular formula is C18H24Cl2N4O. The lowest BCUT2D eigenvalue weighted by Gasteiger charge is -2.31. The minimum atomic E-state index is 0. The number of carbonyl (C=O) groups is 1. The number of hydrogen-bond acceptors (Lipinski definition) is 3. The molecule has 7 heteroatoms. The number of halogens is 2. The first-order valence-corrected chi connectivity index (χ1v) is 8.81. The summed E-state index contributed by atoms with van der Waals surface area (Å²) in [6, 6.07) is 8.04. The fourth-order valence-corrected chi connectivity index (χ4v) is 3.45. The van der Waals surface area contributed by atoms with Gasteiger partial charge >= 0.3 is 0 Å². The molecular weight excluding hydrogens is 359 g/mol. The third-order valence-electron chi connectivity index (χ3n) is 4.68. The molecule has 1 N–H and O–H groups in total. The maximum absolute atomic E-state index is 12.9. The van der Waals surface area contributed by atoms with Crippen LogP contribution in [0.2, 0.25) is 5.02 Å². The molecule has 0 aliphatic carbocycles. The van der Waals surface area contributed by atoms with Gasteiger partial charge in [-0.2, -0.15) is 5.10 Å². The van der Waals surface area contributed by atoms with Crippen molar-refractivity contribution in [2.45, 2.75) is 32.2 Å². The second-order valence-corrected chi connectivity index (χ2v) is 6.54. The molecule has 0 spiro atoms. The van der Waals surface area contributed by atoms with E-state index in [1.54, 1.807) is 6.20 Å². The second-order valence-electron chi connectivity index (χ2n) is 6.11. The van der Waals surface area contributed by atoms with Gasteiger partial charge in [-0.25, -0.2) is 4.68 Å². The second kappa shape index (κ2) is 8.70. The van der Waals surface area contributed by atoms with Crippen LogP contribution in [0, 0.1) is 0 Å². The van der Waals surface area contributed by atoms with E-state index in [1.165, 1.54) is 0 Å². The van der Waals surface area contributed by atoms with Gasteiger partial charge in [0, 0.05) is 24.2 Å². The number of nitrogens with one attached hydrogen (secondary N) is 1. The third kappa shape index (κ3) is 4.17. The Morgan fingerprint density at radius 2 is 2.08 bits per heavy atom. The Kier molecular flexibility index (Phi) is 6.87. The molecule has 1 aromatic carbocycles. The quantitative estimate of drug-likeness (QED) is 0.881. The topological polar surface area (TPSA) is 50.2 Å². The lowest BCUT2D eigenvalue weighted by Crippen LogP contribution is -2.44. The van der Waals surface area contributed by atoms with Crippen LogP contribution in [0.4, 0.5) is 0 Å². The average molecular weight is 383 g/mol. The van der Waals surface area contributed by atoms with Crippen LogP contribution in [0.1, 0.15) is 35.8 Å². The van der Waals surface area contributed by atoms with E-state index in [0.717, 1.165) is 43.7 Å². The number of rotatable bonds is 4. The summed E-state index contributed by atoms with van der Waals surface area (Å²) in [5.41, 5.74) is 2.51. The molecule has 0 bridgehead atoms. The fourth-order valence-electron chi connectivity index (χ4n) is 3.26. The highest BCUT2D eigenvalue weighted by Crippen LogP contribution is 2.21. The Hall–Kier alpha value is -1.56. The molecule has 136 valence electrons. The van der Waals surface area contributed by atoms with Gasteiger partial charge in [0.2, 0.25) is 0 Å². The van der Waals surface area contributed by atoms with Crippen LogP contribution in [0.15, 0.2) is 30.5 Å². The molecule has 2 heterocycles. The van der Waals surface area contributed by atoms with Crippen LogP contribution in [0.5, 0.6) is 0 Å². The number of benzene rings is 1. The highest BCUT2D eigenvalue weighted by molar-refractivity contribution is 6.30. The van der Waals surface area contributed by atoms with Gasteiger partial charge in [-0.1, -0.05) is 24.6 Å². The fraction of sp³-hybridized carbons (Fsp3) is 0.444. The zero-order valence-electron chi connectivity index (χ0n) is 14.5. The molecule has 1 aliphatic rings. The summed E-state index contributed by atoms with van der Waals surface area (Å²) in [7, 11) is 1.98. The van der Waals surface area contributed by atoms with Crippen molar-refractivity contribution in [1.29, 1.82) is 0 Å². The summed E-state index contributed by atoms with van der Waals surface area (Å²) >= 11 is 6.09.